The lowest BCUT2D eigenvalue weighted by atomic mass is 10.1. The standard InChI is InChI=1S/C16H17O6P/c1-21-14-8-6-12(7-9-14)11-23(19,20)22-15-5-3-2-4-13(15)10-16(17)18/h2-9H,10-11H2,1H3,(H,17,18)(H,19,20). The summed E-state index contributed by atoms with van der Waals surface area (Å²) in [6, 6.07) is 13.0. The van der Waals surface area contributed by atoms with Crippen molar-refractivity contribution < 1.29 is 28.6 Å². The van der Waals surface area contributed by atoms with E-state index in [1.807, 2.05) is 0 Å². The molecular formula is C16H17O6P. The van der Waals surface area contributed by atoms with Gasteiger partial charge in [-0.1, -0.05) is 30.3 Å². The summed E-state index contributed by atoms with van der Waals surface area (Å²) >= 11 is 0. The Morgan fingerprint density at radius 3 is 2.39 bits per heavy atom. The predicted octanol–water partition coefficient (Wildman–Crippen LogP) is 3.09. The fourth-order valence-corrected chi connectivity index (χ4v) is 3.27. The van der Waals surface area contributed by atoms with Crippen molar-refractivity contribution in [3.05, 3.63) is 59.7 Å². The third-order valence-electron chi connectivity index (χ3n) is 3.10. The van der Waals surface area contributed by atoms with Gasteiger partial charge in [-0.15, -0.1) is 0 Å². The van der Waals surface area contributed by atoms with Crippen LogP contribution in [0.15, 0.2) is 48.5 Å². The number of carboxylic acid groups (broad SMARTS) is 1. The number of ether oxygens (including phenoxy) is 1. The van der Waals surface area contributed by atoms with E-state index in [1.165, 1.54) is 13.2 Å². The number of carbonyl (C=O) groups is 1. The number of hydrogen-bond donors (Lipinski definition) is 2. The molecule has 2 aromatic rings. The van der Waals surface area contributed by atoms with Gasteiger partial charge in [0.1, 0.15) is 11.5 Å². The molecule has 0 aliphatic rings. The monoisotopic (exact) mass is 336 g/mol. The van der Waals surface area contributed by atoms with Crippen LogP contribution in [0, 0.1) is 0 Å². The van der Waals surface area contributed by atoms with Crippen molar-refractivity contribution in [1.82, 2.24) is 0 Å². The molecule has 2 rings (SSSR count). The van der Waals surface area contributed by atoms with Crippen molar-refractivity contribution in [1.29, 1.82) is 0 Å². The zero-order valence-corrected chi connectivity index (χ0v) is 13.4. The normalized spacial score (nSPS) is 13.1. The average molecular weight is 336 g/mol. The molecule has 0 radical (unpaired) electrons. The third-order valence-corrected chi connectivity index (χ3v) is 4.34. The number of carboxylic acids is 1. The summed E-state index contributed by atoms with van der Waals surface area (Å²) in [5, 5.41) is 8.88. The quantitative estimate of drug-likeness (QED) is 0.755. The largest absolute Gasteiger partial charge is 0.497 e. The maximum absolute atomic E-state index is 12.3. The zero-order chi connectivity index (χ0) is 16.9. The first-order valence-electron chi connectivity index (χ1n) is 6.83. The Balaban J connectivity index is 2.14. The van der Waals surface area contributed by atoms with Gasteiger partial charge in [-0.25, -0.2) is 4.57 Å². The summed E-state index contributed by atoms with van der Waals surface area (Å²) in [6.07, 6.45) is -0.461. The Morgan fingerprint density at radius 1 is 1.13 bits per heavy atom. The first-order chi connectivity index (χ1) is 10.9. The summed E-state index contributed by atoms with van der Waals surface area (Å²) in [5.74, 6) is -0.285. The number of benzene rings is 2. The predicted molar refractivity (Wildman–Crippen MR) is 84.9 cm³/mol. The van der Waals surface area contributed by atoms with Crippen LogP contribution < -0.4 is 9.26 Å². The molecular weight excluding hydrogens is 319 g/mol. The molecule has 0 heterocycles. The molecule has 0 fully saturated rings. The van der Waals surface area contributed by atoms with Crippen LogP contribution in [0.4, 0.5) is 0 Å². The maximum atomic E-state index is 12.3. The first-order valence-corrected chi connectivity index (χ1v) is 8.60. The van der Waals surface area contributed by atoms with Crippen LogP contribution in [-0.4, -0.2) is 23.1 Å². The highest BCUT2D eigenvalue weighted by atomic mass is 31.2. The Hall–Kier alpha value is -2.30. The van der Waals surface area contributed by atoms with Crippen LogP contribution in [0.25, 0.3) is 0 Å². The summed E-state index contributed by atoms with van der Waals surface area (Å²) in [4.78, 5) is 20.9. The van der Waals surface area contributed by atoms with E-state index >= 15 is 0 Å². The second kappa shape index (κ2) is 7.31. The summed E-state index contributed by atoms with van der Waals surface area (Å²) in [5.41, 5.74) is 0.969. The van der Waals surface area contributed by atoms with Gasteiger partial charge in [-0.05, 0) is 23.8 Å². The van der Waals surface area contributed by atoms with Gasteiger partial charge in [0.05, 0.1) is 19.7 Å². The zero-order valence-electron chi connectivity index (χ0n) is 12.5. The van der Waals surface area contributed by atoms with Crippen LogP contribution in [0.1, 0.15) is 11.1 Å². The number of hydrogen-bond acceptors (Lipinski definition) is 4. The molecule has 2 aromatic carbocycles. The van der Waals surface area contributed by atoms with E-state index in [9.17, 15) is 14.3 Å². The SMILES string of the molecule is COc1ccc(CP(=O)(O)Oc2ccccc2CC(=O)O)cc1. The molecule has 0 aliphatic heterocycles. The van der Waals surface area contributed by atoms with Crippen molar-refractivity contribution in [2.75, 3.05) is 7.11 Å². The average Bonchev–Trinajstić information content (AvgIpc) is 2.49. The fourth-order valence-electron chi connectivity index (χ4n) is 2.05. The highest BCUT2D eigenvalue weighted by Gasteiger charge is 2.23. The molecule has 1 unspecified atom stereocenters. The van der Waals surface area contributed by atoms with Crippen LogP contribution in [0.5, 0.6) is 11.5 Å². The molecule has 122 valence electrons. The Morgan fingerprint density at radius 2 is 1.78 bits per heavy atom. The minimum atomic E-state index is -3.96. The van der Waals surface area contributed by atoms with Crippen molar-refractivity contribution in [2.24, 2.45) is 0 Å². The van der Waals surface area contributed by atoms with Crippen LogP contribution >= 0.6 is 7.60 Å². The van der Waals surface area contributed by atoms with E-state index in [-0.39, 0.29) is 18.3 Å². The molecule has 0 saturated carbocycles. The highest BCUT2D eigenvalue weighted by Crippen LogP contribution is 2.47. The first kappa shape index (κ1) is 17.1. The van der Waals surface area contributed by atoms with Gasteiger partial charge in [-0.2, -0.15) is 0 Å². The van der Waals surface area contributed by atoms with E-state index in [0.717, 1.165) is 0 Å². The third kappa shape index (κ3) is 5.13. The smallest absolute Gasteiger partial charge is 0.380 e. The molecule has 0 aliphatic carbocycles. The lowest BCUT2D eigenvalue weighted by Gasteiger charge is -2.16. The molecule has 6 nitrogen and oxygen atoms in total. The van der Waals surface area contributed by atoms with Gasteiger partial charge in [-0.3, -0.25) is 4.79 Å². The van der Waals surface area contributed by atoms with E-state index in [0.29, 0.717) is 16.9 Å². The molecule has 23 heavy (non-hydrogen) atoms. The second-order valence-corrected chi connectivity index (χ2v) is 6.69. The van der Waals surface area contributed by atoms with Gasteiger partial charge in [0.2, 0.25) is 0 Å². The Kier molecular flexibility index (Phi) is 5.42. The molecule has 0 amide bonds. The van der Waals surface area contributed by atoms with E-state index in [1.54, 1.807) is 42.5 Å². The number of aliphatic carboxylic acids is 1. The molecule has 1 atom stereocenters. The second-order valence-electron chi connectivity index (χ2n) is 4.91. The Labute approximate surface area is 133 Å². The minimum absolute atomic E-state index is 0.106. The van der Waals surface area contributed by atoms with E-state index < -0.39 is 13.6 Å². The fraction of sp³-hybridized carbons (Fsp3) is 0.188. The van der Waals surface area contributed by atoms with Gasteiger partial charge in [0, 0.05) is 5.56 Å². The van der Waals surface area contributed by atoms with Crippen LogP contribution in [-0.2, 0) is 21.9 Å². The Bertz CT molecular complexity index is 726. The molecule has 0 bridgehead atoms. The van der Waals surface area contributed by atoms with Crippen molar-refractivity contribution >= 4 is 13.6 Å². The van der Waals surface area contributed by atoms with Crippen LogP contribution in [0.3, 0.4) is 0 Å². The lowest BCUT2D eigenvalue weighted by molar-refractivity contribution is -0.136. The molecule has 2 N–H and O–H groups in total. The van der Waals surface area contributed by atoms with Crippen LogP contribution in [0.2, 0.25) is 0 Å². The number of para-hydroxylation sites is 1. The van der Waals surface area contributed by atoms with Gasteiger partial charge in [0.25, 0.3) is 0 Å². The summed E-state index contributed by atoms with van der Waals surface area (Å²) in [6.45, 7) is 0. The van der Waals surface area contributed by atoms with Crippen molar-refractivity contribution in [2.45, 2.75) is 12.6 Å². The number of methoxy groups -OCH3 is 1. The summed E-state index contributed by atoms with van der Waals surface area (Å²) < 4.78 is 22.5. The maximum Gasteiger partial charge on any atom is 0.380 e. The van der Waals surface area contributed by atoms with Gasteiger partial charge >= 0.3 is 13.6 Å². The summed E-state index contributed by atoms with van der Waals surface area (Å²) in [7, 11) is -2.43. The molecule has 0 aromatic heterocycles. The van der Waals surface area contributed by atoms with E-state index in [4.69, 9.17) is 14.4 Å². The van der Waals surface area contributed by atoms with Gasteiger partial charge in [0.15, 0.2) is 0 Å². The molecule has 7 heteroatoms. The van der Waals surface area contributed by atoms with Crippen molar-refractivity contribution in [3.8, 4) is 11.5 Å². The lowest BCUT2D eigenvalue weighted by Crippen LogP contribution is -2.04. The number of rotatable bonds is 7. The van der Waals surface area contributed by atoms with E-state index in [2.05, 4.69) is 0 Å². The molecule has 0 spiro atoms. The minimum Gasteiger partial charge on any atom is -0.497 e. The van der Waals surface area contributed by atoms with Gasteiger partial charge < -0.3 is 19.3 Å². The van der Waals surface area contributed by atoms with Crippen molar-refractivity contribution in [3.63, 3.8) is 0 Å². The molecule has 0 saturated heterocycles. The topological polar surface area (TPSA) is 93.1 Å². The highest BCUT2D eigenvalue weighted by molar-refractivity contribution is 7.52.